The Balaban J connectivity index is 2.31. The predicted octanol–water partition coefficient (Wildman–Crippen LogP) is 3.15. The first-order valence-electron chi connectivity index (χ1n) is 6.00. The second-order valence-electron chi connectivity index (χ2n) is 3.91. The molecule has 1 rings (SSSR count). The van der Waals surface area contributed by atoms with E-state index < -0.39 is 5.97 Å². The maximum absolute atomic E-state index is 11.5. The van der Waals surface area contributed by atoms with Gasteiger partial charge in [0.1, 0.15) is 4.88 Å². The molecule has 2 amide bonds. The van der Waals surface area contributed by atoms with Gasteiger partial charge in [-0.15, -0.1) is 11.3 Å². The van der Waals surface area contributed by atoms with Gasteiger partial charge in [0.25, 0.3) is 0 Å². The molecule has 0 saturated carbocycles. The van der Waals surface area contributed by atoms with Crippen molar-refractivity contribution < 1.29 is 14.7 Å². The molecule has 0 unspecified atom stereocenters. The molecule has 3 N–H and O–H groups in total. The SMILES string of the molecule is CCCCCCNC(=O)Nc1ccsc1C(=O)O. The molecule has 0 aliphatic heterocycles. The third-order valence-corrected chi connectivity index (χ3v) is 3.33. The van der Waals surface area contributed by atoms with Gasteiger partial charge in [-0.3, -0.25) is 0 Å². The molecule has 0 aliphatic carbocycles. The molecule has 0 aromatic carbocycles. The molecule has 5 nitrogen and oxygen atoms in total. The quantitative estimate of drug-likeness (QED) is 0.666. The van der Waals surface area contributed by atoms with Crippen LogP contribution in [-0.2, 0) is 0 Å². The number of amides is 2. The van der Waals surface area contributed by atoms with Gasteiger partial charge in [0.15, 0.2) is 0 Å². The van der Waals surface area contributed by atoms with Crippen molar-refractivity contribution in [3.63, 3.8) is 0 Å². The van der Waals surface area contributed by atoms with E-state index >= 15 is 0 Å². The van der Waals surface area contributed by atoms with Crippen molar-refractivity contribution in [2.45, 2.75) is 32.6 Å². The first kappa shape index (κ1) is 14.5. The fourth-order valence-corrected chi connectivity index (χ4v) is 2.18. The van der Waals surface area contributed by atoms with Crippen LogP contribution in [0.25, 0.3) is 0 Å². The van der Waals surface area contributed by atoms with Crippen LogP contribution in [0.3, 0.4) is 0 Å². The van der Waals surface area contributed by atoms with Gasteiger partial charge < -0.3 is 15.7 Å². The molecule has 1 heterocycles. The van der Waals surface area contributed by atoms with E-state index in [9.17, 15) is 9.59 Å². The highest BCUT2D eigenvalue weighted by Gasteiger charge is 2.13. The molecule has 1 aromatic rings. The minimum absolute atomic E-state index is 0.149. The van der Waals surface area contributed by atoms with E-state index in [0.717, 1.165) is 37.0 Å². The summed E-state index contributed by atoms with van der Waals surface area (Å²) in [6.45, 7) is 2.74. The number of thiophene rings is 1. The molecule has 18 heavy (non-hydrogen) atoms. The van der Waals surface area contributed by atoms with Gasteiger partial charge in [-0.1, -0.05) is 26.2 Å². The van der Waals surface area contributed by atoms with E-state index in [2.05, 4.69) is 17.6 Å². The van der Waals surface area contributed by atoms with Crippen molar-refractivity contribution in [3.8, 4) is 0 Å². The van der Waals surface area contributed by atoms with E-state index in [1.165, 1.54) is 0 Å². The van der Waals surface area contributed by atoms with Gasteiger partial charge >= 0.3 is 12.0 Å². The van der Waals surface area contributed by atoms with Crippen molar-refractivity contribution >= 4 is 29.0 Å². The summed E-state index contributed by atoms with van der Waals surface area (Å²) in [7, 11) is 0. The number of carboxylic acid groups (broad SMARTS) is 1. The Bertz CT molecular complexity index is 404. The minimum Gasteiger partial charge on any atom is -0.477 e. The van der Waals surface area contributed by atoms with E-state index in [-0.39, 0.29) is 10.9 Å². The van der Waals surface area contributed by atoms with Crippen LogP contribution in [0.4, 0.5) is 10.5 Å². The Hall–Kier alpha value is -1.56. The normalized spacial score (nSPS) is 10.1. The molecule has 0 aliphatic rings. The summed E-state index contributed by atoms with van der Waals surface area (Å²) in [6, 6.07) is 1.23. The largest absolute Gasteiger partial charge is 0.477 e. The number of aromatic carboxylic acids is 1. The zero-order valence-electron chi connectivity index (χ0n) is 10.4. The van der Waals surface area contributed by atoms with Gasteiger partial charge in [-0.2, -0.15) is 0 Å². The van der Waals surface area contributed by atoms with Crippen LogP contribution < -0.4 is 10.6 Å². The van der Waals surface area contributed by atoms with Crippen LogP contribution >= 0.6 is 11.3 Å². The number of urea groups is 1. The number of anilines is 1. The van der Waals surface area contributed by atoms with Gasteiger partial charge in [0.05, 0.1) is 5.69 Å². The van der Waals surface area contributed by atoms with Crippen LogP contribution in [0, 0.1) is 0 Å². The summed E-state index contributed by atoms with van der Waals surface area (Å²) < 4.78 is 0. The molecule has 1 aromatic heterocycles. The highest BCUT2D eigenvalue weighted by atomic mass is 32.1. The molecule has 6 heteroatoms. The van der Waals surface area contributed by atoms with Crippen molar-refractivity contribution in [2.75, 3.05) is 11.9 Å². The average molecular weight is 270 g/mol. The summed E-state index contributed by atoms with van der Waals surface area (Å²) in [5.41, 5.74) is 0.346. The highest BCUT2D eigenvalue weighted by molar-refractivity contribution is 7.12. The molecule has 0 spiro atoms. The van der Waals surface area contributed by atoms with Crippen LogP contribution in [-0.4, -0.2) is 23.7 Å². The lowest BCUT2D eigenvalue weighted by molar-refractivity contribution is 0.0703. The molecule has 0 radical (unpaired) electrons. The lowest BCUT2D eigenvalue weighted by Crippen LogP contribution is -2.29. The third-order valence-electron chi connectivity index (χ3n) is 2.42. The second kappa shape index (κ2) is 7.71. The number of carboxylic acids is 1. The lowest BCUT2D eigenvalue weighted by atomic mass is 10.2. The zero-order chi connectivity index (χ0) is 13.4. The van der Waals surface area contributed by atoms with E-state index in [4.69, 9.17) is 5.11 Å². The van der Waals surface area contributed by atoms with E-state index in [0.29, 0.717) is 12.2 Å². The maximum Gasteiger partial charge on any atom is 0.348 e. The van der Waals surface area contributed by atoms with Crippen molar-refractivity contribution in [1.82, 2.24) is 5.32 Å². The number of rotatable bonds is 7. The molecule has 0 fully saturated rings. The Labute approximate surface area is 110 Å². The smallest absolute Gasteiger partial charge is 0.348 e. The van der Waals surface area contributed by atoms with Crippen LogP contribution in [0.15, 0.2) is 11.4 Å². The highest BCUT2D eigenvalue weighted by Crippen LogP contribution is 2.21. The molecule has 100 valence electrons. The molecular formula is C12H18N2O3S. The topological polar surface area (TPSA) is 78.4 Å². The second-order valence-corrected chi connectivity index (χ2v) is 4.83. The monoisotopic (exact) mass is 270 g/mol. The Morgan fingerprint density at radius 3 is 2.78 bits per heavy atom. The summed E-state index contributed by atoms with van der Waals surface area (Å²) in [6.07, 6.45) is 4.35. The van der Waals surface area contributed by atoms with E-state index in [1.54, 1.807) is 11.4 Å². The maximum atomic E-state index is 11.5. The summed E-state index contributed by atoms with van der Waals surface area (Å²) in [5.74, 6) is -1.02. The number of carbonyl (C=O) groups is 2. The van der Waals surface area contributed by atoms with Gasteiger partial charge in [0, 0.05) is 6.54 Å². The standard InChI is InChI=1S/C12H18N2O3S/c1-2-3-4-5-7-13-12(17)14-9-6-8-18-10(9)11(15)16/h6,8H,2-5,7H2,1H3,(H,15,16)(H2,13,14,17). The Kier molecular flexibility index (Phi) is 6.21. The van der Waals surface area contributed by atoms with Crippen molar-refractivity contribution in [3.05, 3.63) is 16.3 Å². The first-order valence-corrected chi connectivity index (χ1v) is 6.88. The van der Waals surface area contributed by atoms with Gasteiger partial charge in [0.2, 0.25) is 0 Å². The predicted molar refractivity (Wildman–Crippen MR) is 72.4 cm³/mol. The minimum atomic E-state index is -1.02. The van der Waals surface area contributed by atoms with Crippen LogP contribution in [0.1, 0.15) is 42.3 Å². The Morgan fingerprint density at radius 1 is 1.33 bits per heavy atom. The summed E-state index contributed by atoms with van der Waals surface area (Å²) in [5, 5.41) is 15.8. The molecular weight excluding hydrogens is 252 g/mol. The van der Waals surface area contributed by atoms with Crippen LogP contribution in [0.5, 0.6) is 0 Å². The lowest BCUT2D eigenvalue weighted by Gasteiger charge is -2.06. The van der Waals surface area contributed by atoms with Crippen molar-refractivity contribution in [2.24, 2.45) is 0 Å². The fourth-order valence-electron chi connectivity index (χ4n) is 1.49. The summed E-state index contributed by atoms with van der Waals surface area (Å²) >= 11 is 1.09. The average Bonchev–Trinajstić information content (AvgIpc) is 2.77. The van der Waals surface area contributed by atoms with E-state index in [1.807, 2.05) is 0 Å². The van der Waals surface area contributed by atoms with Crippen LogP contribution in [0.2, 0.25) is 0 Å². The molecule has 0 bridgehead atoms. The fraction of sp³-hybridized carbons (Fsp3) is 0.500. The number of nitrogens with one attached hydrogen (secondary N) is 2. The summed E-state index contributed by atoms with van der Waals surface area (Å²) in [4.78, 5) is 22.5. The third kappa shape index (κ3) is 4.75. The number of carbonyl (C=O) groups excluding carboxylic acids is 1. The molecule has 0 atom stereocenters. The van der Waals surface area contributed by atoms with Gasteiger partial charge in [-0.05, 0) is 17.9 Å². The number of hydrogen-bond donors (Lipinski definition) is 3. The van der Waals surface area contributed by atoms with Crippen molar-refractivity contribution in [1.29, 1.82) is 0 Å². The number of unbranched alkanes of at least 4 members (excludes halogenated alkanes) is 3. The zero-order valence-corrected chi connectivity index (χ0v) is 11.2. The number of hydrogen-bond acceptors (Lipinski definition) is 3. The van der Waals surface area contributed by atoms with Gasteiger partial charge in [-0.25, -0.2) is 9.59 Å². The molecule has 0 saturated heterocycles. The first-order chi connectivity index (χ1) is 8.65. The Morgan fingerprint density at radius 2 is 2.11 bits per heavy atom.